The quantitative estimate of drug-likeness (QED) is 0.601. The van der Waals surface area contributed by atoms with E-state index < -0.39 is 16.0 Å². The number of hydrogen-bond acceptors (Lipinski definition) is 5. The summed E-state index contributed by atoms with van der Waals surface area (Å²) in [6, 6.07) is 11.5. The average Bonchev–Trinajstić information content (AvgIpc) is 2.60. The van der Waals surface area contributed by atoms with Crippen molar-refractivity contribution in [2.75, 3.05) is 24.7 Å². The van der Waals surface area contributed by atoms with E-state index in [-0.39, 0.29) is 4.90 Å². The Labute approximate surface area is 146 Å². The molecule has 0 unspecified atom stereocenters. The number of rotatable bonds is 5. The van der Waals surface area contributed by atoms with Crippen LogP contribution in [0.1, 0.15) is 15.9 Å². The zero-order chi connectivity index (χ0) is 17.9. The third kappa shape index (κ3) is 3.57. The van der Waals surface area contributed by atoms with Crippen LogP contribution in [0.2, 0.25) is 0 Å². The van der Waals surface area contributed by atoms with Crippen LogP contribution in [0.25, 0.3) is 0 Å². The van der Waals surface area contributed by atoms with Crippen molar-refractivity contribution in [1.29, 1.82) is 0 Å². The number of thioether (sulfide) groups is 1. The van der Waals surface area contributed by atoms with Crippen molar-refractivity contribution < 1.29 is 17.9 Å². The summed E-state index contributed by atoms with van der Waals surface area (Å²) >= 11 is 1.54. The lowest BCUT2D eigenvalue weighted by molar-refractivity contribution is 0.0600. The summed E-state index contributed by atoms with van der Waals surface area (Å²) in [5, 5.41) is 0. The van der Waals surface area contributed by atoms with Gasteiger partial charge in [0.1, 0.15) is 0 Å². The van der Waals surface area contributed by atoms with Crippen LogP contribution >= 0.6 is 11.8 Å². The lowest BCUT2D eigenvalue weighted by Gasteiger charge is -2.22. The molecule has 24 heavy (non-hydrogen) atoms. The predicted molar refractivity (Wildman–Crippen MR) is 96.3 cm³/mol. The summed E-state index contributed by atoms with van der Waals surface area (Å²) in [5.41, 5.74) is 1.49. The van der Waals surface area contributed by atoms with Gasteiger partial charge in [0.25, 0.3) is 10.0 Å². The Hall–Kier alpha value is -1.99. The SMILES string of the molecule is COC(=O)c1ccc(C)c(N(C)S(=O)(=O)c2ccc(SC)cc2)c1. The molecule has 0 aliphatic carbocycles. The fourth-order valence-corrected chi connectivity index (χ4v) is 3.89. The molecule has 0 amide bonds. The molecule has 0 bridgehead atoms. The van der Waals surface area contributed by atoms with Gasteiger partial charge in [0.15, 0.2) is 0 Å². The fraction of sp³-hybridized carbons (Fsp3) is 0.235. The van der Waals surface area contributed by atoms with Crippen LogP contribution < -0.4 is 4.31 Å². The van der Waals surface area contributed by atoms with Crippen LogP contribution in [0.5, 0.6) is 0 Å². The molecule has 128 valence electrons. The maximum absolute atomic E-state index is 12.8. The summed E-state index contributed by atoms with van der Waals surface area (Å²) < 4.78 is 31.6. The van der Waals surface area contributed by atoms with Gasteiger partial charge in [-0.3, -0.25) is 4.31 Å². The molecule has 5 nitrogen and oxygen atoms in total. The highest BCUT2D eigenvalue weighted by Crippen LogP contribution is 2.27. The lowest BCUT2D eigenvalue weighted by atomic mass is 10.1. The minimum Gasteiger partial charge on any atom is -0.465 e. The Kier molecular flexibility index (Phi) is 5.56. The standard InChI is InChI=1S/C17H19NO4S2/c1-12-5-6-13(17(19)22-3)11-16(12)18(2)24(20,21)15-9-7-14(23-4)8-10-15/h5-11H,1-4H3. The minimum absolute atomic E-state index is 0.200. The van der Waals surface area contributed by atoms with E-state index in [1.54, 1.807) is 55.1 Å². The first-order valence-corrected chi connectivity index (χ1v) is 9.79. The van der Waals surface area contributed by atoms with Gasteiger partial charge in [0, 0.05) is 11.9 Å². The first kappa shape index (κ1) is 18.4. The molecule has 0 N–H and O–H groups in total. The number of nitrogens with zero attached hydrogens (tertiary/aromatic N) is 1. The summed E-state index contributed by atoms with van der Waals surface area (Å²) in [4.78, 5) is 12.9. The molecule has 0 aromatic heterocycles. The normalized spacial score (nSPS) is 11.2. The molecule has 0 atom stereocenters. The van der Waals surface area contributed by atoms with Crippen molar-refractivity contribution in [3.8, 4) is 0 Å². The molecule has 0 fully saturated rings. The third-order valence-electron chi connectivity index (χ3n) is 3.69. The van der Waals surface area contributed by atoms with Crippen LogP contribution in [0.4, 0.5) is 5.69 Å². The van der Waals surface area contributed by atoms with Crippen molar-refractivity contribution in [2.24, 2.45) is 0 Å². The highest BCUT2D eigenvalue weighted by molar-refractivity contribution is 7.98. The number of benzene rings is 2. The molecular formula is C17H19NO4S2. The maximum Gasteiger partial charge on any atom is 0.337 e. The van der Waals surface area contributed by atoms with Gasteiger partial charge in [-0.05, 0) is 55.1 Å². The topological polar surface area (TPSA) is 63.7 Å². The lowest BCUT2D eigenvalue weighted by Crippen LogP contribution is -2.27. The molecule has 0 saturated heterocycles. The van der Waals surface area contributed by atoms with E-state index in [1.165, 1.54) is 24.5 Å². The number of carbonyl (C=O) groups is 1. The number of sulfonamides is 1. The number of esters is 1. The van der Waals surface area contributed by atoms with Crippen molar-refractivity contribution in [1.82, 2.24) is 0 Å². The molecule has 0 saturated carbocycles. The van der Waals surface area contributed by atoms with E-state index in [2.05, 4.69) is 0 Å². The van der Waals surface area contributed by atoms with Crippen molar-refractivity contribution in [2.45, 2.75) is 16.7 Å². The molecule has 0 radical (unpaired) electrons. The van der Waals surface area contributed by atoms with Gasteiger partial charge in [0.05, 0.1) is 23.3 Å². The second-order valence-electron chi connectivity index (χ2n) is 5.14. The van der Waals surface area contributed by atoms with Gasteiger partial charge in [-0.25, -0.2) is 13.2 Å². The van der Waals surface area contributed by atoms with E-state index >= 15 is 0 Å². The highest BCUT2D eigenvalue weighted by atomic mass is 32.2. The van der Waals surface area contributed by atoms with Crippen LogP contribution in [0.15, 0.2) is 52.3 Å². The number of hydrogen-bond donors (Lipinski definition) is 0. The Morgan fingerprint density at radius 1 is 1.12 bits per heavy atom. The molecule has 0 aliphatic rings. The zero-order valence-electron chi connectivity index (χ0n) is 13.9. The number of carbonyl (C=O) groups excluding carboxylic acids is 1. The Morgan fingerprint density at radius 3 is 2.29 bits per heavy atom. The molecule has 2 aromatic carbocycles. The van der Waals surface area contributed by atoms with Gasteiger partial charge in [-0.2, -0.15) is 0 Å². The van der Waals surface area contributed by atoms with Gasteiger partial charge < -0.3 is 4.74 Å². The number of anilines is 1. The Balaban J connectivity index is 2.45. The van der Waals surface area contributed by atoms with Gasteiger partial charge >= 0.3 is 5.97 Å². The van der Waals surface area contributed by atoms with Crippen LogP contribution in [0, 0.1) is 6.92 Å². The first-order chi connectivity index (χ1) is 11.3. The van der Waals surface area contributed by atoms with Crippen LogP contribution in [0.3, 0.4) is 0 Å². The number of methoxy groups -OCH3 is 1. The van der Waals surface area contributed by atoms with Crippen molar-refractivity contribution in [3.63, 3.8) is 0 Å². The summed E-state index contributed by atoms with van der Waals surface area (Å²) in [7, 11) is -0.956. The maximum atomic E-state index is 12.8. The predicted octanol–water partition coefficient (Wildman–Crippen LogP) is 3.33. The van der Waals surface area contributed by atoms with Gasteiger partial charge in [-0.1, -0.05) is 6.07 Å². The number of aryl methyl sites for hydroxylation is 1. The Bertz CT molecular complexity index is 845. The second kappa shape index (κ2) is 7.27. The average molecular weight is 365 g/mol. The van der Waals surface area contributed by atoms with Gasteiger partial charge in [0.2, 0.25) is 0 Å². The molecule has 2 rings (SSSR count). The van der Waals surface area contributed by atoms with Crippen LogP contribution in [-0.4, -0.2) is 34.8 Å². The monoisotopic (exact) mass is 365 g/mol. The van der Waals surface area contributed by atoms with Crippen LogP contribution in [-0.2, 0) is 14.8 Å². The highest BCUT2D eigenvalue weighted by Gasteiger charge is 2.23. The first-order valence-electron chi connectivity index (χ1n) is 7.13. The molecular weight excluding hydrogens is 346 g/mol. The van der Waals surface area contributed by atoms with Crippen molar-refractivity contribution >= 4 is 33.4 Å². The minimum atomic E-state index is -3.72. The molecule has 7 heteroatoms. The summed E-state index contributed by atoms with van der Waals surface area (Å²) in [5.74, 6) is -0.508. The fourth-order valence-electron chi connectivity index (χ4n) is 2.23. The number of ether oxygens (including phenoxy) is 1. The van der Waals surface area contributed by atoms with Crippen molar-refractivity contribution in [3.05, 3.63) is 53.6 Å². The smallest absolute Gasteiger partial charge is 0.337 e. The molecule has 0 aliphatic heterocycles. The second-order valence-corrected chi connectivity index (χ2v) is 7.99. The third-order valence-corrected chi connectivity index (χ3v) is 6.22. The molecule has 0 spiro atoms. The summed E-state index contributed by atoms with van der Waals surface area (Å²) in [6.07, 6.45) is 1.93. The van der Waals surface area contributed by atoms with E-state index in [1.807, 2.05) is 6.26 Å². The van der Waals surface area contributed by atoms with E-state index in [9.17, 15) is 13.2 Å². The Morgan fingerprint density at radius 2 is 1.75 bits per heavy atom. The molecule has 0 heterocycles. The van der Waals surface area contributed by atoms with Gasteiger partial charge in [-0.15, -0.1) is 11.8 Å². The zero-order valence-corrected chi connectivity index (χ0v) is 15.6. The van der Waals surface area contributed by atoms with E-state index in [0.29, 0.717) is 11.3 Å². The van der Waals surface area contributed by atoms with E-state index in [0.717, 1.165) is 10.5 Å². The van der Waals surface area contributed by atoms with E-state index in [4.69, 9.17) is 4.74 Å². The largest absolute Gasteiger partial charge is 0.465 e. The molecule has 2 aromatic rings. The summed E-state index contributed by atoms with van der Waals surface area (Å²) in [6.45, 7) is 1.79.